The van der Waals surface area contributed by atoms with Gasteiger partial charge in [-0.05, 0) is 78.9 Å². The zero-order valence-electron chi connectivity index (χ0n) is 9.02. The third-order valence-corrected chi connectivity index (χ3v) is 7.89. The summed E-state index contributed by atoms with van der Waals surface area (Å²) in [6, 6.07) is 0. The van der Waals surface area contributed by atoms with Gasteiger partial charge in [0.05, 0.1) is 5.60 Å². The van der Waals surface area contributed by atoms with Crippen molar-refractivity contribution in [3.05, 3.63) is 0 Å². The molecule has 1 heteroatoms. The largest absolute Gasteiger partial charge is 0.390 e. The average Bonchev–Trinajstić information content (AvgIpc) is 2.66. The molecule has 0 aliphatic heterocycles. The van der Waals surface area contributed by atoms with Crippen LogP contribution in [0.25, 0.3) is 0 Å². The number of aliphatic hydroxyl groups is 1. The second kappa shape index (κ2) is 1.63. The topological polar surface area (TPSA) is 20.2 Å². The fourth-order valence-electron chi connectivity index (χ4n) is 8.43. The first-order valence-electron chi connectivity index (χ1n) is 6.95. The van der Waals surface area contributed by atoms with Gasteiger partial charge in [0.1, 0.15) is 0 Å². The highest BCUT2D eigenvalue weighted by atomic mass is 16.3. The lowest BCUT2D eigenvalue weighted by Gasteiger charge is -2.68. The van der Waals surface area contributed by atoms with Crippen molar-refractivity contribution >= 4 is 0 Å². The van der Waals surface area contributed by atoms with Crippen LogP contribution in [0.5, 0.6) is 0 Å². The first-order valence-corrected chi connectivity index (χ1v) is 6.95. The fraction of sp³-hybridized carbons (Fsp3) is 1.00. The molecule has 8 aliphatic carbocycles. The molecule has 8 rings (SSSR count). The van der Waals surface area contributed by atoms with Crippen LogP contribution in [0.15, 0.2) is 0 Å². The van der Waals surface area contributed by atoms with Gasteiger partial charge in [-0.2, -0.15) is 0 Å². The number of hydrogen-bond donors (Lipinski definition) is 1. The summed E-state index contributed by atoms with van der Waals surface area (Å²) in [5.41, 5.74) is 0.529. The molecule has 9 unspecified atom stereocenters. The molecule has 8 saturated carbocycles. The second-order valence-corrected chi connectivity index (χ2v) is 7.80. The van der Waals surface area contributed by atoms with E-state index in [9.17, 15) is 5.11 Å². The minimum absolute atomic E-state index is 0.188. The van der Waals surface area contributed by atoms with Crippen LogP contribution in [0.4, 0.5) is 0 Å². The molecule has 0 heterocycles. The average molecular weight is 202 g/mol. The van der Waals surface area contributed by atoms with Crippen LogP contribution in [0.2, 0.25) is 0 Å². The Morgan fingerprint density at radius 3 is 2.73 bits per heavy atom. The van der Waals surface area contributed by atoms with E-state index in [1.54, 1.807) is 12.8 Å². The molecule has 0 saturated heterocycles. The van der Waals surface area contributed by atoms with Gasteiger partial charge in [-0.15, -0.1) is 0 Å². The van der Waals surface area contributed by atoms with Gasteiger partial charge in [0.2, 0.25) is 0 Å². The van der Waals surface area contributed by atoms with E-state index in [-0.39, 0.29) is 5.60 Å². The Hall–Kier alpha value is -0.0400. The molecule has 9 atom stereocenters. The van der Waals surface area contributed by atoms with E-state index >= 15 is 0 Å². The maximum absolute atomic E-state index is 10.7. The first kappa shape index (κ1) is 7.32. The van der Waals surface area contributed by atoms with Crippen molar-refractivity contribution in [2.75, 3.05) is 0 Å². The van der Waals surface area contributed by atoms with Crippen LogP contribution in [0.3, 0.4) is 0 Å². The number of hydrogen-bond acceptors (Lipinski definition) is 1. The van der Waals surface area contributed by atoms with Crippen LogP contribution in [0, 0.1) is 46.8 Å². The molecule has 0 aromatic rings. The monoisotopic (exact) mass is 202 g/mol. The summed E-state index contributed by atoms with van der Waals surface area (Å²) >= 11 is 0. The molecule has 1 N–H and O–H groups in total. The maximum atomic E-state index is 10.7. The number of fused-ring (bicyclic) bond motifs is 1. The van der Waals surface area contributed by atoms with Gasteiger partial charge in [-0.1, -0.05) is 0 Å². The van der Waals surface area contributed by atoms with Gasteiger partial charge in [0, 0.05) is 0 Å². The summed E-state index contributed by atoms with van der Waals surface area (Å²) < 4.78 is 0. The summed E-state index contributed by atoms with van der Waals surface area (Å²) in [7, 11) is 0. The Morgan fingerprint density at radius 2 is 1.80 bits per heavy atom. The van der Waals surface area contributed by atoms with E-state index in [0.717, 1.165) is 41.4 Å². The van der Waals surface area contributed by atoms with Gasteiger partial charge < -0.3 is 5.11 Å². The number of rotatable bonds is 0. The van der Waals surface area contributed by atoms with E-state index in [2.05, 4.69) is 0 Å². The summed E-state index contributed by atoms with van der Waals surface area (Å²) in [4.78, 5) is 0. The molecule has 1 spiro atoms. The predicted molar refractivity (Wildman–Crippen MR) is 54.9 cm³/mol. The lowest BCUT2D eigenvalue weighted by molar-refractivity contribution is -0.212. The van der Waals surface area contributed by atoms with Gasteiger partial charge in [0.25, 0.3) is 0 Å². The Bertz CT molecular complexity index is 404. The molecule has 8 aliphatic rings. The molecular formula is C14H18O. The van der Waals surface area contributed by atoms with Crippen molar-refractivity contribution < 1.29 is 5.11 Å². The molecule has 0 amide bonds. The zero-order chi connectivity index (χ0) is 9.58. The molecule has 0 aromatic heterocycles. The molecule has 0 radical (unpaired) electrons. The molecule has 80 valence electrons. The highest BCUT2D eigenvalue weighted by molar-refractivity contribution is 5.34. The van der Waals surface area contributed by atoms with Crippen molar-refractivity contribution in [2.24, 2.45) is 46.8 Å². The molecule has 8 fully saturated rings. The summed E-state index contributed by atoms with van der Waals surface area (Å²) in [6.07, 6.45) is 6.73. The van der Waals surface area contributed by atoms with Crippen LogP contribution in [-0.2, 0) is 0 Å². The van der Waals surface area contributed by atoms with Gasteiger partial charge in [-0.3, -0.25) is 0 Å². The van der Waals surface area contributed by atoms with Crippen molar-refractivity contribution in [1.82, 2.24) is 0 Å². The third kappa shape index (κ3) is 0.459. The minimum atomic E-state index is -0.188. The lowest BCUT2D eigenvalue weighted by atomic mass is 9.36. The van der Waals surface area contributed by atoms with E-state index in [1.165, 1.54) is 19.3 Å². The van der Waals surface area contributed by atoms with Crippen LogP contribution in [-0.4, -0.2) is 10.7 Å². The molecule has 15 heavy (non-hydrogen) atoms. The van der Waals surface area contributed by atoms with Crippen molar-refractivity contribution in [3.63, 3.8) is 0 Å². The normalized spacial score (nSPS) is 84.2. The van der Waals surface area contributed by atoms with E-state index in [4.69, 9.17) is 0 Å². The molecule has 1 nitrogen and oxygen atoms in total. The predicted octanol–water partition coefficient (Wildman–Crippen LogP) is 2.05. The van der Waals surface area contributed by atoms with Crippen LogP contribution < -0.4 is 0 Å². The van der Waals surface area contributed by atoms with Crippen molar-refractivity contribution in [1.29, 1.82) is 0 Å². The SMILES string of the molecule is OC12CC3C4CC5CC6C(C1)C(C2)(C53)C46. The fourth-order valence-corrected chi connectivity index (χ4v) is 8.43. The minimum Gasteiger partial charge on any atom is -0.390 e. The Labute approximate surface area is 90.2 Å². The molecular weight excluding hydrogens is 184 g/mol. The van der Waals surface area contributed by atoms with Crippen molar-refractivity contribution in [2.45, 2.75) is 37.7 Å². The summed E-state index contributed by atoms with van der Waals surface area (Å²) in [5, 5.41) is 10.7. The summed E-state index contributed by atoms with van der Waals surface area (Å²) in [5.74, 6) is 7.38. The van der Waals surface area contributed by atoms with E-state index in [0.29, 0.717) is 5.41 Å². The van der Waals surface area contributed by atoms with Crippen LogP contribution >= 0.6 is 0 Å². The first-order chi connectivity index (χ1) is 7.23. The summed E-state index contributed by atoms with van der Waals surface area (Å²) in [6.45, 7) is 0. The lowest BCUT2D eigenvalue weighted by Crippen LogP contribution is -2.63. The third-order valence-electron chi connectivity index (χ3n) is 7.89. The second-order valence-electron chi connectivity index (χ2n) is 7.80. The Morgan fingerprint density at radius 1 is 0.933 bits per heavy atom. The molecule has 8 bridgehead atoms. The zero-order valence-corrected chi connectivity index (χ0v) is 9.02. The Kier molecular flexibility index (Phi) is 0.794. The van der Waals surface area contributed by atoms with E-state index in [1.807, 2.05) is 0 Å². The maximum Gasteiger partial charge on any atom is 0.0659 e. The van der Waals surface area contributed by atoms with Gasteiger partial charge in [0.15, 0.2) is 0 Å². The quantitative estimate of drug-likeness (QED) is 0.637. The standard InChI is InChI=1S/C14H18O/c15-13-3-9-7-1-6-2-8-10(4-13)14(5-13,11(6)9)12(7)8/h6-12,15H,1-5H2. The Balaban J connectivity index is 1.71. The van der Waals surface area contributed by atoms with E-state index < -0.39 is 0 Å². The molecule has 0 aromatic carbocycles. The van der Waals surface area contributed by atoms with Gasteiger partial charge in [-0.25, -0.2) is 0 Å². The highest BCUT2D eigenvalue weighted by Crippen LogP contribution is 2.90. The van der Waals surface area contributed by atoms with Gasteiger partial charge >= 0.3 is 0 Å². The van der Waals surface area contributed by atoms with Crippen molar-refractivity contribution in [3.8, 4) is 0 Å². The smallest absolute Gasteiger partial charge is 0.0659 e. The highest BCUT2D eigenvalue weighted by Gasteiger charge is 2.86. The van der Waals surface area contributed by atoms with Crippen LogP contribution in [0.1, 0.15) is 32.1 Å².